The molecule has 4 nitrogen and oxygen atoms in total. The van der Waals surface area contributed by atoms with Crippen molar-refractivity contribution in [2.75, 3.05) is 14.1 Å². The Morgan fingerprint density at radius 2 is 2.11 bits per heavy atom. The third-order valence-electron chi connectivity index (χ3n) is 1.55. The number of carbonyl (C=O) groups excluding carboxylic acids is 1. The lowest BCUT2D eigenvalue weighted by Crippen LogP contribution is -2.32. The van der Waals surface area contributed by atoms with Crippen molar-refractivity contribution in [3.05, 3.63) is 0 Å². The van der Waals surface area contributed by atoms with Gasteiger partial charge in [0.25, 0.3) is 0 Å². The van der Waals surface area contributed by atoms with E-state index in [-0.39, 0.29) is 12.2 Å². The second kappa shape index (κ2) is 1.88. The Balaban J connectivity index is 2.65. The molecule has 1 saturated heterocycles. The first-order valence-corrected chi connectivity index (χ1v) is 2.89. The highest BCUT2D eigenvalue weighted by Crippen LogP contribution is 2.03. The fourth-order valence-corrected chi connectivity index (χ4v) is 0.824. The minimum absolute atomic E-state index is 0.0162. The Labute approximate surface area is 54.4 Å². The lowest BCUT2D eigenvalue weighted by atomic mass is 10.5. The number of hydrogen-bond donors (Lipinski definition) is 1. The SMILES string of the molecule is CC1NN(C)C(=O)N1C. The second-order valence-corrected chi connectivity index (χ2v) is 2.26. The monoisotopic (exact) mass is 129 g/mol. The molecule has 2 amide bonds. The van der Waals surface area contributed by atoms with Crippen LogP contribution < -0.4 is 5.43 Å². The Morgan fingerprint density at radius 3 is 2.22 bits per heavy atom. The summed E-state index contributed by atoms with van der Waals surface area (Å²) in [6.45, 7) is 1.93. The summed E-state index contributed by atoms with van der Waals surface area (Å²) in [5.41, 5.74) is 2.93. The molecule has 52 valence electrons. The first-order valence-electron chi connectivity index (χ1n) is 2.89. The molecule has 4 heteroatoms. The maximum Gasteiger partial charge on any atom is 0.335 e. The van der Waals surface area contributed by atoms with E-state index in [1.54, 1.807) is 19.0 Å². The van der Waals surface area contributed by atoms with Crippen molar-refractivity contribution in [1.82, 2.24) is 15.3 Å². The van der Waals surface area contributed by atoms with E-state index in [0.29, 0.717) is 0 Å². The molecule has 0 aromatic carbocycles. The van der Waals surface area contributed by atoms with Crippen LogP contribution in [0.25, 0.3) is 0 Å². The third kappa shape index (κ3) is 0.853. The fourth-order valence-electron chi connectivity index (χ4n) is 0.824. The number of urea groups is 1. The van der Waals surface area contributed by atoms with Gasteiger partial charge < -0.3 is 4.90 Å². The van der Waals surface area contributed by atoms with Crippen LogP contribution in [-0.2, 0) is 0 Å². The van der Waals surface area contributed by atoms with E-state index in [1.807, 2.05) is 6.92 Å². The van der Waals surface area contributed by atoms with Crippen LogP contribution in [0.15, 0.2) is 0 Å². The summed E-state index contributed by atoms with van der Waals surface area (Å²) in [5, 5.41) is 1.48. The molecule has 1 rings (SSSR count). The van der Waals surface area contributed by atoms with Gasteiger partial charge in [0.05, 0.1) is 6.17 Å². The molecule has 9 heavy (non-hydrogen) atoms. The molecule has 0 aromatic rings. The zero-order chi connectivity index (χ0) is 7.02. The van der Waals surface area contributed by atoms with Gasteiger partial charge in [-0.1, -0.05) is 0 Å². The van der Waals surface area contributed by atoms with Crippen LogP contribution in [0.3, 0.4) is 0 Å². The van der Waals surface area contributed by atoms with Crippen LogP contribution in [0.2, 0.25) is 0 Å². The average molecular weight is 129 g/mol. The third-order valence-corrected chi connectivity index (χ3v) is 1.55. The van der Waals surface area contributed by atoms with Crippen molar-refractivity contribution < 1.29 is 4.79 Å². The molecule has 0 radical (unpaired) electrons. The van der Waals surface area contributed by atoms with Crippen molar-refractivity contribution >= 4 is 6.03 Å². The van der Waals surface area contributed by atoms with Gasteiger partial charge in [0.15, 0.2) is 0 Å². The van der Waals surface area contributed by atoms with E-state index in [2.05, 4.69) is 5.43 Å². The van der Waals surface area contributed by atoms with Crippen LogP contribution in [0, 0.1) is 0 Å². The van der Waals surface area contributed by atoms with Gasteiger partial charge in [0.2, 0.25) is 0 Å². The number of amides is 2. The van der Waals surface area contributed by atoms with Crippen LogP contribution in [-0.4, -0.2) is 36.2 Å². The zero-order valence-corrected chi connectivity index (χ0v) is 5.88. The van der Waals surface area contributed by atoms with E-state index >= 15 is 0 Å². The summed E-state index contributed by atoms with van der Waals surface area (Å²) in [7, 11) is 3.48. The standard InChI is InChI=1S/C5H11N3O/c1-4-6-8(3)5(9)7(4)2/h4,6H,1-3H3. The largest absolute Gasteiger partial charge is 0.335 e. The molecule has 0 aliphatic carbocycles. The number of nitrogens with one attached hydrogen (secondary N) is 1. The number of nitrogens with zero attached hydrogens (tertiary/aromatic N) is 2. The maximum absolute atomic E-state index is 10.9. The number of hydrogen-bond acceptors (Lipinski definition) is 2. The zero-order valence-electron chi connectivity index (χ0n) is 5.88. The average Bonchev–Trinajstić information content (AvgIpc) is 1.98. The fraction of sp³-hybridized carbons (Fsp3) is 0.800. The summed E-state index contributed by atoms with van der Waals surface area (Å²) in [4.78, 5) is 12.5. The van der Waals surface area contributed by atoms with Crippen molar-refractivity contribution in [2.45, 2.75) is 13.1 Å². The summed E-state index contributed by atoms with van der Waals surface area (Å²) in [5.74, 6) is 0. The molecule has 1 aliphatic heterocycles. The normalized spacial score (nSPS) is 27.9. The first-order chi connectivity index (χ1) is 4.13. The first kappa shape index (κ1) is 6.35. The molecular weight excluding hydrogens is 118 g/mol. The Morgan fingerprint density at radius 1 is 1.56 bits per heavy atom. The Hall–Kier alpha value is -0.770. The van der Waals surface area contributed by atoms with Crippen LogP contribution in [0.5, 0.6) is 0 Å². The molecule has 1 N–H and O–H groups in total. The molecule has 1 aliphatic rings. The van der Waals surface area contributed by atoms with Gasteiger partial charge in [-0.3, -0.25) is 5.01 Å². The topological polar surface area (TPSA) is 35.6 Å². The van der Waals surface area contributed by atoms with Crippen LogP contribution in [0.4, 0.5) is 4.79 Å². The van der Waals surface area contributed by atoms with Crippen molar-refractivity contribution in [3.8, 4) is 0 Å². The summed E-state index contributed by atoms with van der Waals surface area (Å²) in [6.07, 6.45) is 0.127. The summed E-state index contributed by atoms with van der Waals surface area (Å²) >= 11 is 0. The van der Waals surface area contributed by atoms with Gasteiger partial charge in [-0.05, 0) is 6.92 Å². The highest BCUT2D eigenvalue weighted by molar-refractivity contribution is 5.75. The number of hydrazine groups is 1. The van der Waals surface area contributed by atoms with E-state index in [1.165, 1.54) is 5.01 Å². The molecule has 0 bridgehead atoms. The minimum Gasteiger partial charge on any atom is -0.310 e. The minimum atomic E-state index is 0.0162. The van der Waals surface area contributed by atoms with E-state index in [0.717, 1.165) is 0 Å². The predicted octanol–water partition coefficient (Wildman–Crippen LogP) is -0.166. The van der Waals surface area contributed by atoms with E-state index in [9.17, 15) is 4.79 Å². The van der Waals surface area contributed by atoms with Gasteiger partial charge in [-0.25, -0.2) is 10.2 Å². The molecule has 1 unspecified atom stereocenters. The van der Waals surface area contributed by atoms with Gasteiger partial charge >= 0.3 is 6.03 Å². The predicted molar refractivity (Wildman–Crippen MR) is 33.5 cm³/mol. The molecule has 0 spiro atoms. The quantitative estimate of drug-likeness (QED) is 0.493. The maximum atomic E-state index is 10.9. The lowest BCUT2D eigenvalue weighted by Gasteiger charge is -2.09. The molecule has 0 saturated carbocycles. The number of carbonyl (C=O) groups is 1. The van der Waals surface area contributed by atoms with Crippen LogP contribution >= 0.6 is 0 Å². The lowest BCUT2D eigenvalue weighted by molar-refractivity contribution is 0.199. The van der Waals surface area contributed by atoms with E-state index < -0.39 is 0 Å². The Kier molecular flexibility index (Phi) is 1.32. The second-order valence-electron chi connectivity index (χ2n) is 2.26. The molecular formula is C5H11N3O. The number of rotatable bonds is 0. The van der Waals surface area contributed by atoms with Gasteiger partial charge in [0.1, 0.15) is 0 Å². The highest BCUT2D eigenvalue weighted by Gasteiger charge is 2.27. The van der Waals surface area contributed by atoms with Gasteiger partial charge in [-0.15, -0.1) is 0 Å². The van der Waals surface area contributed by atoms with Crippen LogP contribution in [0.1, 0.15) is 6.92 Å². The van der Waals surface area contributed by atoms with Crippen molar-refractivity contribution in [3.63, 3.8) is 0 Å². The van der Waals surface area contributed by atoms with Gasteiger partial charge in [0, 0.05) is 14.1 Å². The van der Waals surface area contributed by atoms with Gasteiger partial charge in [-0.2, -0.15) is 0 Å². The molecule has 0 aromatic heterocycles. The molecule has 1 atom stereocenters. The van der Waals surface area contributed by atoms with Crippen molar-refractivity contribution in [1.29, 1.82) is 0 Å². The molecule has 1 fully saturated rings. The smallest absolute Gasteiger partial charge is 0.310 e. The highest BCUT2D eigenvalue weighted by atomic mass is 16.2. The summed E-state index contributed by atoms with van der Waals surface area (Å²) in [6, 6.07) is 0.0162. The van der Waals surface area contributed by atoms with E-state index in [4.69, 9.17) is 0 Å². The Bertz CT molecular complexity index is 136. The summed E-state index contributed by atoms with van der Waals surface area (Å²) < 4.78 is 0. The molecule has 1 heterocycles. The van der Waals surface area contributed by atoms with Crippen molar-refractivity contribution in [2.24, 2.45) is 0 Å².